The zero-order chi connectivity index (χ0) is 29.5. The predicted octanol–water partition coefficient (Wildman–Crippen LogP) is 4.52. The van der Waals surface area contributed by atoms with Crippen molar-refractivity contribution < 1.29 is 32.6 Å². The summed E-state index contributed by atoms with van der Waals surface area (Å²) in [4.78, 5) is 37.2. The van der Waals surface area contributed by atoms with Crippen molar-refractivity contribution in [2.75, 3.05) is 6.61 Å². The Bertz CT molecular complexity index is 1450. The molecule has 2 aliphatic rings. The van der Waals surface area contributed by atoms with Crippen molar-refractivity contribution in [3.63, 3.8) is 0 Å². The molecule has 220 valence electrons. The van der Waals surface area contributed by atoms with Crippen molar-refractivity contribution in [3.05, 3.63) is 41.3 Å². The Morgan fingerprint density at radius 1 is 1.17 bits per heavy atom. The van der Waals surface area contributed by atoms with Crippen molar-refractivity contribution in [3.8, 4) is 17.0 Å². The number of aromatic nitrogens is 3. The first kappa shape index (κ1) is 28.8. The van der Waals surface area contributed by atoms with E-state index in [9.17, 15) is 27.9 Å². The Morgan fingerprint density at radius 3 is 2.59 bits per heavy atom. The number of halogens is 3. The number of aryl methyl sites for hydroxylation is 1. The van der Waals surface area contributed by atoms with Crippen LogP contribution in [0.15, 0.2) is 24.5 Å². The van der Waals surface area contributed by atoms with E-state index in [2.05, 4.69) is 25.6 Å². The maximum atomic E-state index is 13.6. The summed E-state index contributed by atoms with van der Waals surface area (Å²) in [5, 5.41) is 15.4. The number of carbonyl (C=O) groups excluding carboxylic acids is 2. The standard InChI is InChI=1S/C29H34F3N5O4/c1-14-10-19(36-27(39)16(3)38)7-8-21(14)37-28(40)23-15(2)35-26-24(33-13-34-25(23)26)20-11-18(29(30,31)32)6-9-22(20)41-12-17-4-5-17/h6,9,11,13-14,16-17,19,21,35,38H,4-5,7-8,10,12H2,1-3H3,(H,36,39)(H,37,40)/t14-,16+,19-,21+/m1/s1. The van der Waals surface area contributed by atoms with Crippen LogP contribution in [0.5, 0.6) is 5.75 Å². The number of hydrogen-bond acceptors (Lipinski definition) is 6. The molecule has 0 radical (unpaired) electrons. The summed E-state index contributed by atoms with van der Waals surface area (Å²) in [7, 11) is 0. The molecule has 3 aromatic rings. The van der Waals surface area contributed by atoms with Crippen LogP contribution in [0.25, 0.3) is 22.3 Å². The number of hydrogen-bond donors (Lipinski definition) is 4. The van der Waals surface area contributed by atoms with E-state index in [0.717, 1.165) is 25.0 Å². The number of carbonyl (C=O) groups is 2. The monoisotopic (exact) mass is 573 g/mol. The number of aliphatic hydroxyl groups excluding tert-OH is 1. The van der Waals surface area contributed by atoms with E-state index < -0.39 is 23.8 Å². The van der Waals surface area contributed by atoms with Crippen LogP contribution >= 0.6 is 0 Å². The topological polar surface area (TPSA) is 129 Å². The molecule has 12 heteroatoms. The van der Waals surface area contributed by atoms with E-state index in [0.29, 0.717) is 54.1 Å². The van der Waals surface area contributed by atoms with Crippen LogP contribution in [-0.2, 0) is 11.0 Å². The molecule has 4 atom stereocenters. The molecule has 2 aromatic heterocycles. The van der Waals surface area contributed by atoms with E-state index >= 15 is 0 Å². The first-order valence-corrected chi connectivity index (χ1v) is 13.9. The molecule has 0 saturated heterocycles. The van der Waals surface area contributed by atoms with E-state index in [1.807, 2.05) is 6.92 Å². The lowest BCUT2D eigenvalue weighted by molar-refractivity contribution is -0.137. The molecule has 0 unspecified atom stereocenters. The van der Waals surface area contributed by atoms with E-state index in [4.69, 9.17) is 4.74 Å². The van der Waals surface area contributed by atoms with Gasteiger partial charge in [-0.2, -0.15) is 13.2 Å². The van der Waals surface area contributed by atoms with Gasteiger partial charge >= 0.3 is 6.18 Å². The minimum Gasteiger partial charge on any atom is -0.493 e. The fraction of sp³-hybridized carbons (Fsp3) is 0.517. The largest absolute Gasteiger partial charge is 0.493 e. The molecule has 2 fully saturated rings. The molecule has 0 bridgehead atoms. The molecule has 5 rings (SSSR count). The number of rotatable bonds is 8. The lowest BCUT2D eigenvalue weighted by Gasteiger charge is -2.35. The molecule has 9 nitrogen and oxygen atoms in total. The van der Waals surface area contributed by atoms with Crippen LogP contribution in [0, 0.1) is 18.8 Å². The van der Waals surface area contributed by atoms with Gasteiger partial charge < -0.3 is 25.5 Å². The molecular weight excluding hydrogens is 539 g/mol. The van der Waals surface area contributed by atoms with E-state index in [-0.39, 0.29) is 40.9 Å². The number of alkyl halides is 3. The third-order valence-corrected chi connectivity index (χ3v) is 7.94. The van der Waals surface area contributed by atoms with Gasteiger partial charge in [-0.15, -0.1) is 0 Å². The van der Waals surface area contributed by atoms with Crippen molar-refractivity contribution >= 4 is 22.8 Å². The lowest BCUT2D eigenvalue weighted by atomic mass is 9.82. The van der Waals surface area contributed by atoms with Gasteiger partial charge in [0.2, 0.25) is 5.91 Å². The minimum atomic E-state index is -4.55. The van der Waals surface area contributed by atoms with Gasteiger partial charge in [-0.3, -0.25) is 9.59 Å². The second kappa shape index (κ2) is 11.3. The number of fused-ring (bicyclic) bond motifs is 1. The van der Waals surface area contributed by atoms with Crippen LogP contribution < -0.4 is 15.4 Å². The fourth-order valence-electron chi connectivity index (χ4n) is 5.42. The van der Waals surface area contributed by atoms with Crippen LogP contribution in [0.1, 0.15) is 67.6 Å². The Morgan fingerprint density at radius 2 is 1.93 bits per heavy atom. The second-order valence-electron chi connectivity index (χ2n) is 11.3. The van der Waals surface area contributed by atoms with Gasteiger partial charge in [0.1, 0.15) is 29.4 Å². The second-order valence-corrected chi connectivity index (χ2v) is 11.3. The molecule has 0 aliphatic heterocycles. The minimum absolute atomic E-state index is 0.0546. The van der Waals surface area contributed by atoms with Crippen molar-refractivity contribution in [2.45, 2.75) is 77.2 Å². The number of ether oxygens (including phenoxy) is 1. The van der Waals surface area contributed by atoms with Gasteiger partial charge in [0.15, 0.2) is 0 Å². The van der Waals surface area contributed by atoms with E-state index in [1.165, 1.54) is 19.3 Å². The molecule has 2 saturated carbocycles. The van der Waals surface area contributed by atoms with Gasteiger partial charge in [-0.1, -0.05) is 6.92 Å². The number of aliphatic hydroxyl groups is 1. The highest BCUT2D eigenvalue weighted by Gasteiger charge is 2.34. The quantitative estimate of drug-likeness (QED) is 0.314. The summed E-state index contributed by atoms with van der Waals surface area (Å²) in [6.07, 6.45) is -0.431. The zero-order valence-corrected chi connectivity index (χ0v) is 23.1. The number of benzene rings is 1. The Kier molecular flexibility index (Phi) is 7.95. The number of nitrogens with zero attached hydrogens (tertiary/aromatic N) is 2. The predicted molar refractivity (Wildman–Crippen MR) is 145 cm³/mol. The van der Waals surface area contributed by atoms with Crippen LogP contribution in [0.3, 0.4) is 0 Å². The molecule has 0 spiro atoms. The SMILES string of the molecule is Cc1[nH]c2c(-c3cc(C(F)(F)F)ccc3OCC3CC3)ncnc2c1C(=O)N[C@H]1CC[C@@H](NC(=O)[C@H](C)O)C[C@H]1C. The number of amides is 2. The highest BCUT2D eigenvalue weighted by atomic mass is 19.4. The molecule has 4 N–H and O–H groups in total. The normalized spacial score (nSPS) is 21.9. The summed E-state index contributed by atoms with van der Waals surface area (Å²) < 4.78 is 46.8. The number of nitrogens with one attached hydrogen (secondary N) is 3. The molecular formula is C29H34F3N5O4. The summed E-state index contributed by atoms with van der Waals surface area (Å²) in [5.41, 5.74) is 1.03. The first-order chi connectivity index (χ1) is 19.4. The fourth-order valence-corrected chi connectivity index (χ4v) is 5.42. The van der Waals surface area contributed by atoms with Gasteiger partial charge in [-0.25, -0.2) is 9.97 Å². The molecule has 41 heavy (non-hydrogen) atoms. The highest BCUT2D eigenvalue weighted by molar-refractivity contribution is 6.09. The van der Waals surface area contributed by atoms with Crippen LogP contribution in [-0.4, -0.2) is 56.7 Å². The summed E-state index contributed by atoms with van der Waals surface area (Å²) >= 11 is 0. The van der Waals surface area contributed by atoms with E-state index in [1.54, 1.807) is 6.92 Å². The van der Waals surface area contributed by atoms with Crippen molar-refractivity contribution in [1.29, 1.82) is 0 Å². The zero-order valence-electron chi connectivity index (χ0n) is 23.1. The number of H-pyrrole nitrogens is 1. The van der Waals surface area contributed by atoms with Gasteiger partial charge in [-0.05, 0) is 76.0 Å². The highest BCUT2D eigenvalue weighted by Crippen LogP contribution is 2.40. The Balaban J connectivity index is 1.41. The van der Waals surface area contributed by atoms with Crippen LogP contribution in [0.2, 0.25) is 0 Å². The van der Waals surface area contributed by atoms with Gasteiger partial charge in [0, 0.05) is 23.3 Å². The average Bonchev–Trinajstić information content (AvgIpc) is 3.67. The van der Waals surface area contributed by atoms with Gasteiger partial charge in [0.25, 0.3) is 5.91 Å². The van der Waals surface area contributed by atoms with Gasteiger partial charge in [0.05, 0.1) is 23.3 Å². The Labute approximate surface area is 235 Å². The summed E-state index contributed by atoms with van der Waals surface area (Å²) in [6, 6.07) is 3.09. The maximum Gasteiger partial charge on any atom is 0.416 e. The average molecular weight is 574 g/mol. The van der Waals surface area contributed by atoms with Crippen LogP contribution in [0.4, 0.5) is 13.2 Å². The summed E-state index contributed by atoms with van der Waals surface area (Å²) in [5.74, 6) is -0.0339. The molecule has 2 aliphatic carbocycles. The third-order valence-electron chi connectivity index (χ3n) is 7.94. The molecule has 1 aromatic carbocycles. The van der Waals surface area contributed by atoms with Crippen molar-refractivity contribution in [1.82, 2.24) is 25.6 Å². The smallest absolute Gasteiger partial charge is 0.416 e. The maximum absolute atomic E-state index is 13.6. The summed E-state index contributed by atoms with van der Waals surface area (Å²) in [6.45, 7) is 5.53. The number of aromatic amines is 1. The van der Waals surface area contributed by atoms with Crippen molar-refractivity contribution in [2.24, 2.45) is 11.8 Å². The molecule has 2 heterocycles. The third kappa shape index (κ3) is 6.32. The Hall–Kier alpha value is -3.67. The molecule has 2 amide bonds. The lowest BCUT2D eigenvalue weighted by Crippen LogP contribution is -2.49. The first-order valence-electron chi connectivity index (χ1n) is 13.9.